The molecule has 0 saturated carbocycles. The van der Waals surface area contributed by atoms with Gasteiger partial charge < -0.3 is 11.0 Å². The van der Waals surface area contributed by atoms with Gasteiger partial charge in [-0.05, 0) is 0 Å². The molecule has 0 aromatic carbocycles. The molecule has 2 radical (unpaired) electrons. The summed E-state index contributed by atoms with van der Waals surface area (Å²) in [6.07, 6.45) is 0. The van der Waals surface area contributed by atoms with E-state index >= 15 is 0 Å². The van der Waals surface area contributed by atoms with Crippen LogP contribution in [0.25, 0.3) is 0 Å². The van der Waals surface area contributed by atoms with Crippen LogP contribution in [-0.4, -0.2) is 0 Å². The van der Waals surface area contributed by atoms with Crippen LogP contribution in [0.4, 0.5) is 0 Å². The molecule has 4 heavy (non-hydrogen) atoms. The van der Waals surface area contributed by atoms with Gasteiger partial charge in [-0.15, -0.1) is 0 Å². The second-order valence-electron chi connectivity index (χ2n) is 0. The molecule has 0 aliphatic rings. The smallest absolute Gasteiger partial charge is 2.00 e. The molecule has 2 nitrogen and oxygen atoms in total. The molecule has 0 spiro atoms. The van der Waals surface area contributed by atoms with Crippen LogP contribution >= 0.6 is 0 Å². The number of hydrogen-bond donors (Lipinski definition) is 0. The van der Waals surface area contributed by atoms with Gasteiger partial charge in [-0.2, -0.15) is 0 Å². The van der Waals surface area contributed by atoms with Gasteiger partial charge in [-0.25, -0.2) is 0 Å². The molecule has 0 bridgehead atoms. The van der Waals surface area contributed by atoms with E-state index in [1.807, 2.05) is 0 Å². The molecule has 0 N–H and O–H groups in total. The second kappa shape index (κ2) is 17.3. The summed E-state index contributed by atoms with van der Waals surface area (Å²) < 4.78 is 0. The van der Waals surface area contributed by atoms with Gasteiger partial charge in [0, 0.05) is 0 Å². The monoisotopic (exact) mass is 312 g/mol. The fourth-order valence-electron chi connectivity index (χ4n) is 0. The summed E-state index contributed by atoms with van der Waals surface area (Å²) in [5.41, 5.74) is 0. The summed E-state index contributed by atoms with van der Waals surface area (Å²) in [5, 5.41) is 0. The Bertz CT molecular complexity index is 4.00. The fraction of sp³-hybridized carbons (Fsp3) is 0. The van der Waals surface area contributed by atoms with Crippen LogP contribution in [0.3, 0.4) is 0 Å². The van der Waals surface area contributed by atoms with E-state index in [1.165, 1.54) is 0 Å². The van der Waals surface area contributed by atoms with E-state index in [4.69, 9.17) is 0 Å². The van der Waals surface area contributed by atoms with E-state index in [9.17, 15) is 0 Å². The third kappa shape index (κ3) is 8.82. The first-order valence-corrected chi connectivity index (χ1v) is 0. The minimum absolute atomic E-state index is 0. The summed E-state index contributed by atoms with van der Waals surface area (Å²) in [6.45, 7) is 0. The van der Waals surface area contributed by atoms with E-state index in [0.29, 0.717) is 0 Å². The van der Waals surface area contributed by atoms with Gasteiger partial charge >= 0.3 is 83.5 Å². The largest absolute Gasteiger partial charge is 3.00 e. The van der Waals surface area contributed by atoms with Crippen molar-refractivity contribution in [3.63, 3.8) is 0 Å². The molecule has 0 aromatic heterocycles. The first-order valence-electron chi connectivity index (χ1n) is 0. The van der Waals surface area contributed by atoms with Crippen LogP contribution in [0.1, 0.15) is 0 Å². The Kier molecular flexibility index (Phi) is 130. The Labute approximate surface area is 92.1 Å². The SMILES string of the molecule is [Ce+3].[Ce+3].[O-2].[O-2]. The Morgan fingerprint density at radius 3 is 0.500 bits per heavy atom. The summed E-state index contributed by atoms with van der Waals surface area (Å²) in [5.74, 6) is 0. The Balaban J connectivity index is 0. The second-order valence-corrected chi connectivity index (χ2v) is 0. The van der Waals surface area contributed by atoms with Crippen LogP contribution < -0.4 is 0 Å². The van der Waals surface area contributed by atoms with Crippen LogP contribution in [0.5, 0.6) is 0 Å². The summed E-state index contributed by atoms with van der Waals surface area (Å²) >= 11 is 0. The third-order valence-electron chi connectivity index (χ3n) is 0. The topological polar surface area (TPSA) is 57.0 Å². The van der Waals surface area contributed by atoms with Crippen LogP contribution in [-0.2, 0) is 11.0 Å². The van der Waals surface area contributed by atoms with Crippen molar-refractivity contribution in [1.29, 1.82) is 0 Å². The summed E-state index contributed by atoms with van der Waals surface area (Å²) in [7, 11) is 0. The van der Waals surface area contributed by atoms with Crippen molar-refractivity contribution in [2.45, 2.75) is 0 Å². The zero-order chi connectivity index (χ0) is 0. The third-order valence-corrected chi connectivity index (χ3v) is 0. The molecule has 0 fully saturated rings. The predicted molar refractivity (Wildman–Crippen MR) is 1.37 cm³/mol. The molecule has 0 heterocycles. The Morgan fingerprint density at radius 1 is 0.500 bits per heavy atom. The van der Waals surface area contributed by atoms with Gasteiger partial charge in [-0.1, -0.05) is 0 Å². The van der Waals surface area contributed by atoms with Crippen molar-refractivity contribution in [2.75, 3.05) is 0 Å². The zero-order valence-electron chi connectivity index (χ0n) is 1.82. The van der Waals surface area contributed by atoms with Crippen molar-refractivity contribution < 1.29 is 94.4 Å². The maximum Gasteiger partial charge on any atom is 3.00 e. The molecule has 4 heteroatoms. The van der Waals surface area contributed by atoms with Gasteiger partial charge in [0.05, 0.1) is 0 Å². The average molecular weight is 312 g/mol. The zero-order valence-corrected chi connectivity index (χ0v) is 8.10. The van der Waals surface area contributed by atoms with E-state index in [0.717, 1.165) is 0 Å². The molecule has 0 aliphatic heterocycles. The van der Waals surface area contributed by atoms with Crippen LogP contribution in [0.2, 0.25) is 0 Å². The molecule has 0 atom stereocenters. The Hall–Kier alpha value is 2.67. The van der Waals surface area contributed by atoms with E-state index < -0.39 is 0 Å². The molecular formula is Ce2O2+2. The van der Waals surface area contributed by atoms with Crippen molar-refractivity contribution in [3.8, 4) is 0 Å². The Morgan fingerprint density at radius 2 is 0.500 bits per heavy atom. The number of rotatable bonds is 0. The normalized spacial score (nSPS) is 0. The van der Waals surface area contributed by atoms with Crippen molar-refractivity contribution in [2.24, 2.45) is 0 Å². The van der Waals surface area contributed by atoms with E-state index in [2.05, 4.69) is 0 Å². The molecule has 0 aliphatic carbocycles. The van der Waals surface area contributed by atoms with Crippen molar-refractivity contribution in [3.05, 3.63) is 0 Å². The molecule has 0 unspecified atom stereocenters. The summed E-state index contributed by atoms with van der Waals surface area (Å²) in [4.78, 5) is 0. The molecule has 0 aromatic rings. The first kappa shape index (κ1) is 30.1. The van der Waals surface area contributed by atoms with E-state index in [-0.39, 0.29) is 94.4 Å². The molecule has 0 rings (SSSR count). The minimum atomic E-state index is 0. The molecule has 0 saturated heterocycles. The number of hydrogen-bond acceptors (Lipinski definition) is 0. The molecule has 0 amide bonds. The van der Waals surface area contributed by atoms with Crippen LogP contribution in [0, 0.1) is 83.5 Å². The fourth-order valence-corrected chi connectivity index (χ4v) is 0. The van der Waals surface area contributed by atoms with Gasteiger partial charge in [-0.3, -0.25) is 0 Å². The maximum absolute atomic E-state index is 0. The quantitative estimate of drug-likeness (QED) is 0.593. The van der Waals surface area contributed by atoms with Gasteiger partial charge in [0.25, 0.3) is 0 Å². The minimum Gasteiger partial charge on any atom is -2.00 e. The van der Waals surface area contributed by atoms with Crippen molar-refractivity contribution >= 4 is 0 Å². The maximum atomic E-state index is 0. The van der Waals surface area contributed by atoms with Gasteiger partial charge in [0.15, 0.2) is 0 Å². The molecular weight excluding hydrogens is 312 g/mol. The first-order chi connectivity index (χ1) is 0. The van der Waals surface area contributed by atoms with Gasteiger partial charge in [0.1, 0.15) is 0 Å². The molecule has 18 valence electrons. The van der Waals surface area contributed by atoms with Crippen molar-refractivity contribution in [1.82, 2.24) is 0 Å². The van der Waals surface area contributed by atoms with E-state index in [1.54, 1.807) is 0 Å². The van der Waals surface area contributed by atoms with Crippen LogP contribution in [0.15, 0.2) is 0 Å². The average Bonchev–Trinajstić information content (AvgIpc) is 0. The van der Waals surface area contributed by atoms with Gasteiger partial charge in [0.2, 0.25) is 0 Å². The standard InChI is InChI=1S/2Ce.2O/q2*+3;2*-2. The predicted octanol–water partition coefficient (Wildman–Crippen LogP) is -0.238. The summed E-state index contributed by atoms with van der Waals surface area (Å²) in [6, 6.07) is 0.